The lowest BCUT2D eigenvalue weighted by atomic mass is 10.2. The van der Waals surface area contributed by atoms with Crippen LogP contribution in [0.4, 0.5) is 23.0 Å². The minimum Gasteiger partial charge on any atom is -0.495 e. The summed E-state index contributed by atoms with van der Waals surface area (Å²) in [6.45, 7) is 7.15. The summed E-state index contributed by atoms with van der Waals surface area (Å²) in [4.78, 5) is 13.3. The zero-order chi connectivity index (χ0) is 16.9. The van der Waals surface area contributed by atoms with Crippen LogP contribution in [0, 0.1) is 0 Å². The lowest BCUT2D eigenvalue weighted by Gasteiger charge is -2.35. The summed E-state index contributed by atoms with van der Waals surface area (Å²) in [5.41, 5.74) is 7.73. The van der Waals surface area contributed by atoms with Gasteiger partial charge in [-0.3, -0.25) is 0 Å². The second-order valence-electron chi connectivity index (χ2n) is 5.71. The van der Waals surface area contributed by atoms with Crippen molar-refractivity contribution in [1.82, 2.24) is 14.9 Å². The maximum absolute atomic E-state index is 6.34. The van der Waals surface area contributed by atoms with Gasteiger partial charge in [-0.15, -0.1) is 0 Å². The molecule has 2 heterocycles. The smallest absolute Gasteiger partial charge is 0.159 e. The SMILES string of the molecule is CCN1CCN(c2ncnc(Nc3ccccc3OC)c2N)CC1. The number of piperazine rings is 1. The van der Waals surface area contributed by atoms with Crippen LogP contribution < -0.4 is 20.7 Å². The van der Waals surface area contributed by atoms with Gasteiger partial charge in [0.1, 0.15) is 17.8 Å². The highest BCUT2D eigenvalue weighted by molar-refractivity contribution is 5.79. The second kappa shape index (κ2) is 7.35. The Morgan fingerprint density at radius 1 is 1.17 bits per heavy atom. The zero-order valence-corrected chi connectivity index (χ0v) is 14.2. The highest BCUT2D eigenvalue weighted by Gasteiger charge is 2.20. The van der Waals surface area contributed by atoms with Crippen LogP contribution in [0.3, 0.4) is 0 Å². The number of hydrogen-bond acceptors (Lipinski definition) is 7. The van der Waals surface area contributed by atoms with Gasteiger partial charge in [-0.25, -0.2) is 9.97 Å². The Hall–Kier alpha value is -2.54. The number of benzene rings is 1. The van der Waals surface area contributed by atoms with E-state index < -0.39 is 0 Å². The zero-order valence-electron chi connectivity index (χ0n) is 14.2. The van der Waals surface area contributed by atoms with Gasteiger partial charge in [0.05, 0.1) is 12.8 Å². The number of anilines is 4. The average Bonchev–Trinajstić information content (AvgIpc) is 2.64. The summed E-state index contributed by atoms with van der Waals surface area (Å²) in [6.07, 6.45) is 1.55. The number of ether oxygens (including phenoxy) is 1. The first-order chi connectivity index (χ1) is 11.7. The molecule has 1 fully saturated rings. The van der Waals surface area contributed by atoms with E-state index in [9.17, 15) is 0 Å². The van der Waals surface area contributed by atoms with Gasteiger partial charge in [-0.05, 0) is 18.7 Å². The minimum absolute atomic E-state index is 0.563. The van der Waals surface area contributed by atoms with Crippen LogP contribution in [0.1, 0.15) is 6.92 Å². The number of aromatic nitrogens is 2. The normalized spacial score (nSPS) is 15.3. The van der Waals surface area contributed by atoms with Crippen LogP contribution in [-0.2, 0) is 0 Å². The van der Waals surface area contributed by atoms with Crippen LogP contribution in [0.15, 0.2) is 30.6 Å². The number of likely N-dealkylation sites (N-methyl/N-ethyl adjacent to an activating group) is 1. The van der Waals surface area contributed by atoms with Crippen LogP contribution in [0.2, 0.25) is 0 Å². The summed E-state index contributed by atoms with van der Waals surface area (Å²) in [6, 6.07) is 7.68. The van der Waals surface area contributed by atoms with Gasteiger partial charge in [-0.1, -0.05) is 19.1 Å². The fraction of sp³-hybridized carbons (Fsp3) is 0.412. The first-order valence-corrected chi connectivity index (χ1v) is 8.20. The average molecular weight is 328 g/mol. The highest BCUT2D eigenvalue weighted by Crippen LogP contribution is 2.32. The van der Waals surface area contributed by atoms with Crippen LogP contribution in [0.5, 0.6) is 5.75 Å². The van der Waals surface area contributed by atoms with Crippen molar-refractivity contribution in [2.45, 2.75) is 6.92 Å². The maximum Gasteiger partial charge on any atom is 0.159 e. The third kappa shape index (κ3) is 3.35. The van der Waals surface area contributed by atoms with E-state index in [4.69, 9.17) is 10.5 Å². The summed E-state index contributed by atoms with van der Waals surface area (Å²) in [5, 5.41) is 3.25. The van der Waals surface area contributed by atoms with E-state index in [0.29, 0.717) is 11.5 Å². The Labute approximate surface area is 142 Å². The van der Waals surface area contributed by atoms with Gasteiger partial charge in [0, 0.05) is 26.2 Å². The number of nitrogens with two attached hydrogens (primary N) is 1. The highest BCUT2D eigenvalue weighted by atomic mass is 16.5. The van der Waals surface area contributed by atoms with Crippen LogP contribution in [0.25, 0.3) is 0 Å². The predicted molar refractivity (Wildman–Crippen MR) is 97.0 cm³/mol. The molecular weight excluding hydrogens is 304 g/mol. The monoisotopic (exact) mass is 328 g/mol. The third-order valence-electron chi connectivity index (χ3n) is 4.34. The Bertz CT molecular complexity index is 685. The summed E-state index contributed by atoms with van der Waals surface area (Å²) < 4.78 is 5.37. The predicted octanol–water partition coefficient (Wildman–Crippen LogP) is 1.95. The molecule has 0 atom stereocenters. The molecule has 1 aliphatic rings. The molecular formula is C17H24N6O. The van der Waals surface area contributed by atoms with Crippen molar-refractivity contribution in [1.29, 1.82) is 0 Å². The molecule has 1 saturated heterocycles. The second-order valence-corrected chi connectivity index (χ2v) is 5.71. The summed E-state index contributed by atoms with van der Waals surface area (Å²) in [7, 11) is 1.64. The summed E-state index contributed by atoms with van der Waals surface area (Å²) in [5.74, 6) is 2.13. The van der Waals surface area contributed by atoms with E-state index in [1.807, 2.05) is 24.3 Å². The topological polar surface area (TPSA) is 79.5 Å². The number of hydrogen-bond donors (Lipinski definition) is 2. The van der Waals surface area contributed by atoms with Gasteiger partial charge in [0.25, 0.3) is 0 Å². The molecule has 1 aromatic heterocycles. The molecule has 3 N–H and O–H groups in total. The van der Waals surface area contributed by atoms with Gasteiger partial charge in [0.2, 0.25) is 0 Å². The molecule has 1 aliphatic heterocycles. The van der Waals surface area contributed by atoms with Gasteiger partial charge < -0.3 is 25.6 Å². The fourth-order valence-electron chi connectivity index (χ4n) is 2.89. The van der Waals surface area contributed by atoms with E-state index in [1.54, 1.807) is 13.4 Å². The molecule has 1 aromatic carbocycles. The first kappa shape index (κ1) is 16.3. The molecule has 0 unspecified atom stereocenters. The molecule has 24 heavy (non-hydrogen) atoms. The quantitative estimate of drug-likeness (QED) is 0.868. The number of para-hydroxylation sites is 2. The van der Waals surface area contributed by atoms with Crippen molar-refractivity contribution in [3.63, 3.8) is 0 Å². The molecule has 7 heteroatoms. The lowest BCUT2D eigenvalue weighted by Crippen LogP contribution is -2.46. The molecule has 2 aromatic rings. The molecule has 0 saturated carbocycles. The van der Waals surface area contributed by atoms with Gasteiger partial charge in [0.15, 0.2) is 11.6 Å². The number of nitrogen functional groups attached to an aromatic ring is 1. The number of nitrogens with zero attached hydrogens (tertiary/aromatic N) is 4. The Morgan fingerprint density at radius 2 is 1.92 bits per heavy atom. The van der Waals surface area contributed by atoms with E-state index in [1.165, 1.54) is 0 Å². The van der Waals surface area contributed by atoms with Crippen molar-refractivity contribution in [2.24, 2.45) is 0 Å². The Morgan fingerprint density at radius 3 is 2.62 bits per heavy atom. The van der Waals surface area contributed by atoms with E-state index in [0.717, 1.165) is 50.0 Å². The molecule has 0 aliphatic carbocycles. The van der Waals surface area contributed by atoms with E-state index >= 15 is 0 Å². The van der Waals surface area contributed by atoms with Crippen LogP contribution >= 0.6 is 0 Å². The lowest BCUT2D eigenvalue weighted by molar-refractivity contribution is 0.270. The summed E-state index contributed by atoms with van der Waals surface area (Å²) >= 11 is 0. The molecule has 3 rings (SSSR count). The number of methoxy groups -OCH3 is 1. The largest absolute Gasteiger partial charge is 0.495 e. The van der Waals surface area contributed by atoms with Gasteiger partial charge >= 0.3 is 0 Å². The molecule has 7 nitrogen and oxygen atoms in total. The van der Waals surface area contributed by atoms with Crippen molar-refractivity contribution in [2.75, 3.05) is 55.8 Å². The number of rotatable bonds is 5. The first-order valence-electron chi connectivity index (χ1n) is 8.20. The van der Waals surface area contributed by atoms with E-state index in [2.05, 4.69) is 32.0 Å². The van der Waals surface area contributed by atoms with Crippen molar-refractivity contribution < 1.29 is 4.74 Å². The van der Waals surface area contributed by atoms with Crippen LogP contribution in [-0.4, -0.2) is 54.7 Å². The molecule has 0 bridgehead atoms. The maximum atomic E-state index is 6.34. The minimum atomic E-state index is 0.563. The van der Waals surface area contributed by atoms with E-state index in [-0.39, 0.29) is 0 Å². The molecule has 128 valence electrons. The van der Waals surface area contributed by atoms with Crippen molar-refractivity contribution >= 4 is 23.0 Å². The van der Waals surface area contributed by atoms with Crippen molar-refractivity contribution in [3.05, 3.63) is 30.6 Å². The molecule has 0 amide bonds. The van der Waals surface area contributed by atoms with Gasteiger partial charge in [-0.2, -0.15) is 0 Å². The molecule has 0 radical (unpaired) electrons. The van der Waals surface area contributed by atoms with Crippen molar-refractivity contribution in [3.8, 4) is 5.75 Å². The molecule has 0 spiro atoms. The standard InChI is InChI=1S/C17H24N6O/c1-3-22-8-10-23(11-9-22)17-15(18)16(19-12-20-17)21-13-6-4-5-7-14(13)24-2/h4-7,12H,3,8-11,18H2,1-2H3,(H,19,20,21). The fourth-order valence-corrected chi connectivity index (χ4v) is 2.89. The number of nitrogens with one attached hydrogen (secondary N) is 1. The third-order valence-corrected chi connectivity index (χ3v) is 4.34. The Balaban J connectivity index is 1.81. The Kier molecular flexibility index (Phi) is 5.00.